The molecule has 16 heavy (non-hydrogen) atoms. The topological polar surface area (TPSA) is 60.9 Å². The third-order valence-corrected chi connectivity index (χ3v) is 2.90. The minimum atomic E-state index is 0.0460. The molecule has 0 saturated carbocycles. The molecule has 0 aromatic carbocycles. The van der Waals surface area contributed by atoms with E-state index in [1.807, 2.05) is 13.8 Å². The Hall–Kier alpha value is -0.870. The number of aromatic nitrogens is 2. The standard InChI is InChI=1S/C11H18ClN3O/c1-3-15-11(9(12)7-14-15)10(16)5-4-8(2)6-13/h7-8H,3-6,13H2,1-2H3. The maximum absolute atomic E-state index is 11.9. The lowest BCUT2D eigenvalue weighted by Gasteiger charge is -2.08. The number of nitrogens with zero attached hydrogens (tertiary/aromatic N) is 2. The van der Waals surface area contributed by atoms with Gasteiger partial charge in [0.15, 0.2) is 5.78 Å². The summed E-state index contributed by atoms with van der Waals surface area (Å²) in [5.41, 5.74) is 6.03. The van der Waals surface area contributed by atoms with Crippen molar-refractivity contribution in [1.29, 1.82) is 0 Å². The molecular weight excluding hydrogens is 226 g/mol. The second kappa shape index (κ2) is 6.01. The van der Waals surface area contributed by atoms with E-state index >= 15 is 0 Å². The van der Waals surface area contributed by atoms with Crippen LogP contribution in [0.2, 0.25) is 5.02 Å². The van der Waals surface area contributed by atoms with E-state index in [0.29, 0.717) is 36.1 Å². The van der Waals surface area contributed by atoms with Crippen molar-refractivity contribution in [2.45, 2.75) is 33.2 Å². The molecule has 0 aliphatic heterocycles. The van der Waals surface area contributed by atoms with Gasteiger partial charge in [-0.1, -0.05) is 18.5 Å². The highest BCUT2D eigenvalue weighted by atomic mass is 35.5. The molecule has 90 valence electrons. The summed E-state index contributed by atoms with van der Waals surface area (Å²) in [4.78, 5) is 11.9. The molecule has 1 rings (SSSR count). The first-order valence-electron chi connectivity index (χ1n) is 5.54. The lowest BCUT2D eigenvalue weighted by atomic mass is 10.0. The van der Waals surface area contributed by atoms with E-state index in [1.54, 1.807) is 4.68 Å². The van der Waals surface area contributed by atoms with Gasteiger partial charge in [-0.2, -0.15) is 5.10 Å². The first kappa shape index (κ1) is 13.2. The first-order valence-corrected chi connectivity index (χ1v) is 5.92. The zero-order chi connectivity index (χ0) is 12.1. The Morgan fingerprint density at radius 2 is 2.38 bits per heavy atom. The van der Waals surface area contributed by atoms with E-state index in [0.717, 1.165) is 6.42 Å². The van der Waals surface area contributed by atoms with Crippen molar-refractivity contribution < 1.29 is 4.79 Å². The van der Waals surface area contributed by atoms with Gasteiger partial charge in [0.05, 0.1) is 11.2 Å². The van der Waals surface area contributed by atoms with Crippen molar-refractivity contribution in [2.75, 3.05) is 6.54 Å². The van der Waals surface area contributed by atoms with Gasteiger partial charge in [-0.05, 0) is 25.8 Å². The third kappa shape index (κ3) is 3.06. The Balaban J connectivity index is 2.69. The molecule has 5 heteroatoms. The number of halogens is 1. The van der Waals surface area contributed by atoms with Gasteiger partial charge in [-0.25, -0.2) is 0 Å². The van der Waals surface area contributed by atoms with Crippen LogP contribution in [0.15, 0.2) is 6.20 Å². The highest BCUT2D eigenvalue weighted by Crippen LogP contribution is 2.18. The first-order chi connectivity index (χ1) is 7.60. The van der Waals surface area contributed by atoms with Crippen LogP contribution in [0.3, 0.4) is 0 Å². The molecule has 0 aliphatic carbocycles. The van der Waals surface area contributed by atoms with Gasteiger partial charge in [0.25, 0.3) is 0 Å². The Labute approximate surface area is 101 Å². The smallest absolute Gasteiger partial charge is 0.182 e. The molecule has 1 atom stereocenters. The van der Waals surface area contributed by atoms with Crippen LogP contribution in [0.4, 0.5) is 0 Å². The van der Waals surface area contributed by atoms with Crippen molar-refractivity contribution in [3.63, 3.8) is 0 Å². The number of rotatable bonds is 6. The van der Waals surface area contributed by atoms with Gasteiger partial charge in [-0.15, -0.1) is 0 Å². The molecule has 0 aliphatic rings. The Morgan fingerprint density at radius 1 is 1.69 bits per heavy atom. The summed E-state index contributed by atoms with van der Waals surface area (Å²) >= 11 is 5.94. The summed E-state index contributed by atoms with van der Waals surface area (Å²) in [7, 11) is 0. The second-order valence-corrected chi connectivity index (χ2v) is 4.37. The van der Waals surface area contributed by atoms with Crippen LogP contribution in [0.25, 0.3) is 0 Å². The molecule has 1 aromatic heterocycles. The van der Waals surface area contributed by atoms with Gasteiger partial charge in [0.1, 0.15) is 5.69 Å². The highest BCUT2D eigenvalue weighted by Gasteiger charge is 2.16. The number of nitrogens with two attached hydrogens (primary N) is 1. The molecule has 1 aromatic rings. The minimum Gasteiger partial charge on any atom is -0.330 e. The molecule has 0 saturated heterocycles. The number of hydrogen-bond donors (Lipinski definition) is 1. The lowest BCUT2D eigenvalue weighted by Crippen LogP contribution is -2.14. The number of ketones is 1. The number of hydrogen-bond acceptors (Lipinski definition) is 3. The number of Topliss-reactive ketones (excluding diaryl/α,β-unsaturated/α-hetero) is 1. The molecule has 0 fully saturated rings. The zero-order valence-electron chi connectivity index (χ0n) is 9.74. The summed E-state index contributed by atoms with van der Waals surface area (Å²) < 4.78 is 1.64. The predicted octanol–water partition coefficient (Wildman–Crippen LogP) is 2.11. The summed E-state index contributed by atoms with van der Waals surface area (Å²) in [6.45, 7) is 5.23. The quantitative estimate of drug-likeness (QED) is 0.779. The van der Waals surface area contributed by atoms with E-state index in [-0.39, 0.29) is 5.78 Å². The Morgan fingerprint density at radius 3 is 2.94 bits per heavy atom. The van der Waals surface area contributed by atoms with Gasteiger partial charge in [0, 0.05) is 13.0 Å². The van der Waals surface area contributed by atoms with Crippen molar-refractivity contribution in [2.24, 2.45) is 11.7 Å². The highest BCUT2D eigenvalue weighted by molar-refractivity contribution is 6.33. The molecule has 4 nitrogen and oxygen atoms in total. The summed E-state index contributed by atoms with van der Waals surface area (Å²) in [6, 6.07) is 0. The fourth-order valence-corrected chi connectivity index (χ4v) is 1.74. The summed E-state index contributed by atoms with van der Waals surface area (Å²) in [5.74, 6) is 0.408. The van der Waals surface area contributed by atoms with Gasteiger partial charge < -0.3 is 5.73 Å². The monoisotopic (exact) mass is 243 g/mol. The van der Waals surface area contributed by atoms with E-state index in [2.05, 4.69) is 5.10 Å². The maximum atomic E-state index is 11.9. The summed E-state index contributed by atoms with van der Waals surface area (Å²) in [5, 5.41) is 4.48. The number of carbonyl (C=O) groups is 1. The zero-order valence-corrected chi connectivity index (χ0v) is 10.5. The molecule has 0 radical (unpaired) electrons. The van der Waals surface area contributed by atoms with Crippen LogP contribution in [0.1, 0.15) is 37.2 Å². The molecular formula is C11H18ClN3O. The molecule has 1 unspecified atom stereocenters. The van der Waals surface area contributed by atoms with Crippen LogP contribution in [-0.4, -0.2) is 22.1 Å². The normalized spacial score (nSPS) is 12.8. The number of carbonyl (C=O) groups excluding carboxylic acids is 1. The molecule has 0 bridgehead atoms. The SMILES string of the molecule is CCn1ncc(Cl)c1C(=O)CCC(C)CN. The maximum Gasteiger partial charge on any atom is 0.182 e. The second-order valence-electron chi connectivity index (χ2n) is 3.96. The fraction of sp³-hybridized carbons (Fsp3) is 0.636. The summed E-state index contributed by atoms with van der Waals surface area (Å²) in [6.07, 6.45) is 2.79. The van der Waals surface area contributed by atoms with Gasteiger partial charge in [-0.3, -0.25) is 9.48 Å². The van der Waals surface area contributed by atoms with Crippen molar-refractivity contribution in [1.82, 2.24) is 9.78 Å². The van der Waals surface area contributed by atoms with E-state index < -0.39 is 0 Å². The molecule has 0 spiro atoms. The lowest BCUT2D eigenvalue weighted by molar-refractivity contribution is 0.0965. The number of aryl methyl sites for hydroxylation is 1. The van der Waals surface area contributed by atoms with Crippen molar-refractivity contribution in [3.8, 4) is 0 Å². The van der Waals surface area contributed by atoms with Crippen LogP contribution < -0.4 is 5.73 Å². The Kier molecular flexibility index (Phi) is 4.96. The van der Waals surface area contributed by atoms with Crippen molar-refractivity contribution >= 4 is 17.4 Å². The van der Waals surface area contributed by atoms with E-state index in [4.69, 9.17) is 17.3 Å². The molecule has 1 heterocycles. The average Bonchev–Trinajstić information content (AvgIpc) is 2.66. The van der Waals surface area contributed by atoms with Gasteiger partial charge in [0.2, 0.25) is 0 Å². The minimum absolute atomic E-state index is 0.0460. The van der Waals surface area contributed by atoms with Crippen LogP contribution in [-0.2, 0) is 6.54 Å². The Bertz CT molecular complexity index is 362. The van der Waals surface area contributed by atoms with E-state index in [1.165, 1.54) is 6.20 Å². The molecule has 2 N–H and O–H groups in total. The van der Waals surface area contributed by atoms with Crippen LogP contribution >= 0.6 is 11.6 Å². The largest absolute Gasteiger partial charge is 0.330 e. The molecule has 0 amide bonds. The van der Waals surface area contributed by atoms with Crippen LogP contribution in [0.5, 0.6) is 0 Å². The predicted molar refractivity (Wildman–Crippen MR) is 64.7 cm³/mol. The third-order valence-electron chi connectivity index (χ3n) is 2.63. The van der Waals surface area contributed by atoms with Crippen LogP contribution in [0, 0.1) is 5.92 Å². The van der Waals surface area contributed by atoms with Crippen molar-refractivity contribution in [3.05, 3.63) is 16.9 Å². The van der Waals surface area contributed by atoms with E-state index in [9.17, 15) is 4.79 Å². The fourth-order valence-electron chi connectivity index (χ4n) is 1.49. The average molecular weight is 244 g/mol. The van der Waals surface area contributed by atoms with Gasteiger partial charge >= 0.3 is 0 Å².